The molecule has 0 saturated heterocycles. The number of fused-ring (bicyclic) bond motifs is 3. The third-order valence-corrected chi connectivity index (χ3v) is 10.2. The van der Waals surface area contributed by atoms with Crippen molar-refractivity contribution in [2.24, 2.45) is 0 Å². The van der Waals surface area contributed by atoms with E-state index in [1.165, 1.54) is 25.7 Å². The van der Waals surface area contributed by atoms with Crippen molar-refractivity contribution < 1.29 is 0 Å². The van der Waals surface area contributed by atoms with Crippen LogP contribution in [0.2, 0.25) is 0 Å². The van der Waals surface area contributed by atoms with Crippen molar-refractivity contribution in [2.75, 3.05) is 0 Å². The summed E-state index contributed by atoms with van der Waals surface area (Å²) >= 11 is 1.84. The molecule has 4 heteroatoms. The summed E-state index contributed by atoms with van der Waals surface area (Å²) in [5.74, 6) is 1.91. The molecular weight excluding hydrogens is 615 g/mol. The molecule has 0 aliphatic rings. The highest BCUT2D eigenvalue weighted by Crippen LogP contribution is 2.42. The van der Waals surface area contributed by atoms with Gasteiger partial charge in [0.1, 0.15) is 0 Å². The molecule has 3 nitrogen and oxygen atoms in total. The maximum Gasteiger partial charge on any atom is 0.164 e. The minimum atomic E-state index is 0.634. The van der Waals surface area contributed by atoms with E-state index in [0.717, 1.165) is 44.5 Å². The first kappa shape index (κ1) is 29.0. The van der Waals surface area contributed by atoms with E-state index in [1.807, 2.05) is 41.7 Å². The zero-order valence-corrected chi connectivity index (χ0v) is 27.3. The number of rotatable bonds is 6. The zero-order chi connectivity index (χ0) is 32.6. The Labute approximate surface area is 288 Å². The van der Waals surface area contributed by atoms with Crippen LogP contribution in [0, 0.1) is 0 Å². The number of thiophene rings is 1. The first-order valence-corrected chi connectivity index (χ1v) is 17.2. The molecule has 0 unspecified atom stereocenters. The third kappa shape index (κ3) is 5.48. The van der Waals surface area contributed by atoms with Crippen LogP contribution in [-0.2, 0) is 0 Å². The molecule has 9 rings (SSSR count). The Morgan fingerprint density at radius 2 is 0.816 bits per heavy atom. The fraction of sp³-hybridized carbons (Fsp3) is 0. The predicted octanol–water partition coefficient (Wildman–Crippen LogP) is 12.2. The number of nitrogens with zero attached hydrogens (tertiary/aromatic N) is 3. The van der Waals surface area contributed by atoms with E-state index in [9.17, 15) is 0 Å². The normalized spacial score (nSPS) is 11.3. The number of hydrogen-bond donors (Lipinski definition) is 0. The summed E-state index contributed by atoms with van der Waals surface area (Å²) < 4.78 is 2.56. The van der Waals surface area contributed by atoms with Crippen LogP contribution in [0.25, 0.3) is 87.7 Å². The van der Waals surface area contributed by atoms with Gasteiger partial charge in [-0.25, -0.2) is 15.0 Å². The van der Waals surface area contributed by atoms with Gasteiger partial charge in [-0.2, -0.15) is 0 Å². The van der Waals surface area contributed by atoms with Crippen LogP contribution in [0.3, 0.4) is 0 Å². The van der Waals surface area contributed by atoms with E-state index < -0.39 is 0 Å². The van der Waals surface area contributed by atoms with Gasteiger partial charge >= 0.3 is 0 Å². The molecule has 0 aliphatic carbocycles. The first-order valence-electron chi connectivity index (χ1n) is 16.4. The van der Waals surface area contributed by atoms with Gasteiger partial charge in [-0.15, -0.1) is 11.3 Å². The minimum Gasteiger partial charge on any atom is -0.208 e. The lowest BCUT2D eigenvalue weighted by molar-refractivity contribution is 1.07. The number of hydrogen-bond acceptors (Lipinski definition) is 4. The van der Waals surface area contributed by atoms with Crippen molar-refractivity contribution in [3.63, 3.8) is 0 Å². The summed E-state index contributed by atoms with van der Waals surface area (Å²) in [6, 6.07) is 61.5. The van der Waals surface area contributed by atoms with Gasteiger partial charge in [0.05, 0.1) is 0 Å². The van der Waals surface area contributed by atoms with Crippen LogP contribution in [0.4, 0.5) is 0 Å². The maximum absolute atomic E-state index is 5.23. The van der Waals surface area contributed by atoms with E-state index >= 15 is 0 Å². The number of aromatic nitrogens is 3. The molecule has 2 heterocycles. The quantitative estimate of drug-likeness (QED) is 0.181. The molecular formula is C45H29N3S. The molecule has 0 amide bonds. The molecule has 0 radical (unpaired) electrons. The van der Waals surface area contributed by atoms with E-state index in [0.29, 0.717) is 17.5 Å². The summed E-state index contributed by atoms with van der Waals surface area (Å²) in [7, 11) is 0. The molecule has 0 aliphatic heterocycles. The molecule has 0 bridgehead atoms. The summed E-state index contributed by atoms with van der Waals surface area (Å²) in [4.78, 5) is 15.5. The Morgan fingerprint density at radius 3 is 1.57 bits per heavy atom. The first-order chi connectivity index (χ1) is 24.3. The summed E-state index contributed by atoms with van der Waals surface area (Å²) in [5, 5.41) is 2.56. The largest absolute Gasteiger partial charge is 0.208 e. The highest BCUT2D eigenvalue weighted by Gasteiger charge is 2.18. The second-order valence-corrected chi connectivity index (χ2v) is 13.1. The van der Waals surface area contributed by atoms with E-state index in [2.05, 4.69) is 146 Å². The summed E-state index contributed by atoms with van der Waals surface area (Å²) in [5.41, 5.74) is 9.61. The lowest BCUT2D eigenvalue weighted by atomic mass is 9.95. The molecule has 230 valence electrons. The standard InChI is InChI=1S/C45H29N3S/c1-4-15-30(16-5-1)33-27-34(37-24-14-25-39-38-22-12-13-26-41(38)49-42(37)39)29-35(28-33)44-46-43(32-19-8-3-9-20-32)47-45(48-44)40-23-11-10-21-36(40)31-17-6-2-7-18-31/h1-29H. The third-order valence-electron chi connectivity index (χ3n) is 8.93. The monoisotopic (exact) mass is 643 g/mol. The zero-order valence-electron chi connectivity index (χ0n) is 26.5. The van der Waals surface area contributed by atoms with Crippen LogP contribution >= 0.6 is 11.3 Å². The SMILES string of the molecule is c1ccc(-c2cc(-c3nc(-c4ccccc4)nc(-c4ccccc4-c4ccccc4)n3)cc(-c3cccc4c3sc3ccccc34)c2)cc1. The molecule has 0 saturated carbocycles. The minimum absolute atomic E-state index is 0.634. The molecule has 0 atom stereocenters. The van der Waals surface area contributed by atoms with Gasteiger partial charge in [0, 0.05) is 36.9 Å². The second-order valence-electron chi connectivity index (χ2n) is 12.0. The molecule has 0 spiro atoms. The molecule has 0 fully saturated rings. The smallest absolute Gasteiger partial charge is 0.164 e. The molecule has 0 N–H and O–H groups in total. The van der Waals surface area contributed by atoms with Gasteiger partial charge in [0.2, 0.25) is 0 Å². The van der Waals surface area contributed by atoms with Crippen LogP contribution < -0.4 is 0 Å². The van der Waals surface area contributed by atoms with Crippen LogP contribution in [0.1, 0.15) is 0 Å². The van der Waals surface area contributed by atoms with Crippen LogP contribution in [-0.4, -0.2) is 15.0 Å². The fourth-order valence-corrected chi connectivity index (χ4v) is 7.81. The summed E-state index contributed by atoms with van der Waals surface area (Å²) in [6.45, 7) is 0. The molecule has 9 aromatic rings. The Hall–Kier alpha value is -6.23. The molecule has 2 aromatic heterocycles. The topological polar surface area (TPSA) is 38.7 Å². The van der Waals surface area contributed by atoms with Gasteiger partial charge in [-0.3, -0.25) is 0 Å². The highest BCUT2D eigenvalue weighted by atomic mass is 32.1. The van der Waals surface area contributed by atoms with E-state index in [-0.39, 0.29) is 0 Å². The molecule has 7 aromatic carbocycles. The lowest BCUT2D eigenvalue weighted by Gasteiger charge is -2.14. The Morgan fingerprint density at radius 1 is 0.306 bits per heavy atom. The summed E-state index contributed by atoms with van der Waals surface area (Å²) in [6.07, 6.45) is 0. The van der Waals surface area contributed by atoms with Gasteiger partial charge in [-0.05, 0) is 57.6 Å². The second kappa shape index (κ2) is 12.4. The van der Waals surface area contributed by atoms with Crippen molar-refractivity contribution in [1.29, 1.82) is 0 Å². The van der Waals surface area contributed by atoms with Crippen LogP contribution in [0.15, 0.2) is 176 Å². The Balaban J connectivity index is 1.30. The Bertz CT molecular complexity index is 2590. The van der Waals surface area contributed by atoms with Crippen molar-refractivity contribution in [2.45, 2.75) is 0 Å². The fourth-order valence-electron chi connectivity index (χ4n) is 6.57. The maximum atomic E-state index is 5.23. The highest BCUT2D eigenvalue weighted by molar-refractivity contribution is 7.26. The lowest BCUT2D eigenvalue weighted by Crippen LogP contribution is -2.01. The average molecular weight is 644 g/mol. The van der Waals surface area contributed by atoms with E-state index in [1.54, 1.807) is 0 Å². The molecule has 49 heavy (non-hydrogen) atoms. The van der Waals surface area contributed by atoms with Gasteiger partial charge in [0.15, 0.2) is 17.5 Å². The van der Waals surface area contributed by atoms with Crippen molar-refractivity contribution in [3.8, 4) is 67.5 Å². The van der Waals surface area contributed by atoms with Gasteiger partial charge in [0.25, 0.3) is 0 Å². The Kier molecular flexibility index (Phi) is 7.34. The van der Waals surface area contributed by atoms with Crippen molar-refractivity contribution >= 4 is 31.5 Å². The number of benzene rings is 7. The van der Waals surface area contributed by atoms with Gasteiger partial charge in [-0.1, -0.05) is 152 Å². The van der Waals surface area contributed by atoms with E-state index in [4.69, 9.17) is 15.0 Å². The van der Waals surface area contributed by atoms with Crippen LogP contribution in [0.5, 0.6) is 0 Å². The van der Waals surface area contributed by atoms with Gasteiger partial charge < -0.3 is 0 Å². The van der Waals surface area contributed by atoms with Crippen molar-refractivity contribution in [3.05, 3.63) is 176 Å². The predicted molar refractivity (Wildman–Crippen MR) is 205 cm³/mol. The average Bonchev–Trinajstić information content (AvgIpc) is 3.58. The van der Waals surface area contributed by atoms with Crippen molar-refractivity contribution in [1.82, 2.24) is 15.0 Å².